The van der Waals surface area contributed by atoms with Crippen LogP contribution in [0.4, 0.5) is 0 Å². The summed E-state index contributed by atoms with van der Waals surface area (Å²) in [7, 11) is 1.32. The number of carbonyl (C=O) groups excluding carboxylic acids is 3. The first-order valence-corrected chi connectivity index (χ1v) is 10.5. The van der Waals surface area contributed by atoms with Gasteiger partial charge < -0.3 is 14.8 Å². The van der Waals surface area contributed by atoms with Crippen LogP contribution in [0.3, 0.4) is 0 Å². The van der Waals surface area contributed by atoms with Crippen LogP contribution in [0, 0.1) is 0 Å². The Labute approximate surface area is 184 Å². The average Bonchev–Trinajstić information content (AvgIpc) is 2.85. The summed E-state index contributed by atoms with van der Waals surface area (Å²) in [6.45, 7) is 2.24. The van der Waals surface area contributed by atoms with E-state index in [1.54, 1.807) is 36.4 Å². The Balaban J connectivity index is 1.50. The van der Waals surface area contributed by atoms with E-state index in [0.29, 0.717) is 35.2 Å². The number of ether oxygens (including phenoxy) is 2. The number of rotatable bonds is 4. The molecule has 0 aromatic heterocycles. The summed E-state index contributed by atoms with van der Waals surface area (Å²) in [5.41, 5.74) is 3.15. The Morgan fingerprint density at radius 3 is 2.50 bits per heavy atom. The number of benzene rings is 3. The highest BCUT2D eigenvalue weighted by atomic mass is 16.5. The van der Waals surface area contributed by atoms with Crippen LogP contribution >= 0.6 is 0 Å². The van der Waals surface area contributed by atoms with Crippen LogP contribution in [-0.2, 0) is 16.0 Å². The van der Waals surface area contributed by atoms with E-state index in [1.807, 2.05) is 18.2 Å². The predicted molar refractivity (Wildman–Crippen MR) is 117 cm³/mol. The maximum absolute atomic E-state index is 13.3. The zero-order valence-electron chi connectivity index (χ0n) is 17.6. The van der Waals surface area contributed by atoms with Gasteiger partial charge in [0.25, 0.3) is 11.8 Å². The normalized spacial score (nSPS) is 18.2. The molecule has 7 heteroatoms. The third-order valence-corrected chi connectivity index (χ3v) is 6.02. The molecule has 0 spiro atoms. The molecule has 3 aromatic rings. The maximum Gasteiger partial charge on any atom is 0.337 e. The number of hydrogen-bond donors (Lipinski definition) is 1. The predicted octanol–water partition coefficient (Wildman–Crippen LogP) is 3.08. The molecule has 32 heavy (non-hydrogen) atoms. The highest BCUT2D eigenvalue weighted by Crippen LogP contribution is 2.36. The minimum Gasteiger partial charge on any atom is -0.465 e. The minimum atomic E-state index is -0.435. The van der Waals surface area contributed by atoms with Gasteiger partial charge in [-0.1, -0.05) is 30.3 Å². The number of nitrogens with zero attached hydrogens (tertiary/aromatic N) is 1. The lowest BCUT2D eigenvalue weighted by atomic mass is 9.89. The average molecular weight is 430 g/mol. The number of nitrogens with one attached hydrogen (secondary N) is 1. The number of esters is 1. The van der Waals surface area contributed by atoms with Gasteiger partial charge in [-0.15, -0.1) is 0 Å². The van der Waals surface area contributed by atoms with Crippen molar-refractivity contribution in [1.82, 2.24) is 10.2 Å². The quantitative estimate of drug-likeness (QED) is 0.506. The molecule has 7 nitrogen and oxygen atoms in total. The van der Waals surface area contributed by atoms with Crippen molar-refractivity contribution in [2.24, 2.45) is 0 Å². The summed E-state index contributed by atoms with van der Waals surface area (Å²) in [6.07, 6.45) is -0.121. The highest BCUT2D eigenvalue weighted by Gasteiger charge is 2.34. The molecule has 3 aromatic carbocycles. The molecule has 162 valence electrons. The molecule has 0 aliphatic carbocycles. The SMILES string of the molecule is COC(=O)c1ccc(CN2C(=O)c3cccc4c(C5CNCCO5)ccc(c34)C2=O)cc1. The second-order valence-electron chi connectivity index (χ2n) is 7.88. The second kappa shape index (κ2) is 8.18. The molecule has 1 fully saturated rings. The number of morpholine rings is 1. The molecule has 1 saturated heterocycles. The van der Waals surface area contributed by atoms with Crippen LogP contribution in [0.25, 0.3) is 10.8 Å². The van der Waals surface area contributed by atoms with Crippen molar-refractivity contribution >= 4 is 28.6 Å². The number of imide groups is 1. The summed E-state index contributed by atoms with van der Waals surface area (Å²) in [4.78, 5) is 39.5. The van der Waals surface area contributed by atoms with Crippen molar-refractivity contribution in [2.75, 3.05) is 26.8 Å². The van der Waals surface area contributed by atoms with Crippen molar-refractivity contribution in [3.63, 3.8) is 0 Å². The Hall–Kier alpha value is -3.55. The van der Waals surface area contributed by atoms with Gasteiger partial charge in [0.2, 0.25) is 0 Å². The van der Waals surface area contributed by atoms with Crippen LogP contribution in [0.5, 0.6) is 0 Å². The van der Waals surface area contributed by atoms with Crippen molar-refractivity contribution in [3.8, 4) is 0 Å². The van der Waals surface area contributed by atoms with Crippen LogP contribution in [-0.4, -0.2) is 49.5 Å². The van der Waals surface area contributed by atoms with Crippen LogP contribution in [0.15, 0.2) is 54.6 Å². The molecule has 2 aliphatic heterocycles. The second-order valence-corrected chi connectivity index (χ2v) is 7.88. The number of hydrogen-bond acceptors (Lipinski definition) is 6. The molecule has 1 atom stereocenters. The topological polar surface area (TPSA) is 84.9 Å². The summed E-state index contributed by atoms with van der Waals surface area (Å²) in [5.74, 6) is -1.09. The Morgan fingerprint density at radius 2 is 1.81 bits per heavy atom. The summed E-state index contributed by atoms with van der Waals surface area (Å²) in [5, 5.41) is 4.88. The highest BCUT2D eigenvalue weighted by molar-refractivity contribution is 6.25. The van der Waals surface area contributed by atoms with Gasteiger partial charge in [-0.3, -0.25) is 14.5 Å². The van der Waals surface area contributed by atoms with E-state index in [4.69, 9.17) is 9.47 Å². The molecule has 1 N–H and O–H groups in total. The van der Waals surface area contributed by atoms with E-state index in [1.165, 1.54) is 12.0 Å². The molecule has 2 heterocycles. The summed E-state index contributed by atoms with van der Waals surface area (Å²) in [6, 6.07) is 16.0. The molecule has 5 rings (SSSR count). The monoisotopic (exact) mass is 430 g/mol. The summed E-state index contributed by atoms with van der Waals surface area (Å²) < 4.78 is 10.6. The van der Waals surface area contributed by atoms with Gasteiger partial charge in [0, 0.05) is 29.6 Å². The van der Waals surface area contributed by atoms with Gasteiger partial charge in [0.1, 0.15) is 0 Å². The lowest BCUT2D eigenvalue weighted by molar-refractivity contribution is 0.0285. The van der Waals surface area contributed by atoms with Crippen LogP contribution < -0.4 is 5.32 Å². The van der Waals surface area contributed by atoms with E-state index in [2.05, 4.69) is 5.32 Å². The van der Waals surface area contributed by atoms with E-state index in [9.17, 15) is 14.4 Å². The first-order chi connectivity index (χ1) is 15.6. The number of methoxy groups -OCH3 is 1. The van der Waals surface area contributed by atoms with Gasteiger partial charge in [-0.05, 0) is 40.8 Å². The largest absolute Gasteiger partial charge is 0.465 e. The fourth-order valence-corrected chi connectivity index (χ4v) is 4.40. The van der Waals surface area contributed by atoms with Crippen molar-refractivity contribution in [1.29, 1.82) is 0 Å². The smallest absolute Gasteiger partial charge is 0.337 e. The van der Waals surface area contributed by atoms with Crippen LogP contribution in [0.1, 0.15) is 48.3 Å². The van der Waals surface area contributed by atoms with Gasteiger partial charge >= 0.3 is 5.97 Å². The van der Waals surface area contributed by atoms with Crippen molar-refractivity contribution < 1.29 is 23.9 Å². The Morgan fingerprint density at radius 1 is 1.06 bits per heavy atom. The molecule has 0 radical (unpaired) electrons. The van der Waals surface area contributed by atoms with Gasteiger partial charge in [-0.25, -0.2) is 4.79 Å². The first kappa shape index (κ1) is 20.4. The van der Waals surface area contributed by atoms with E-state index in [0.717, 1.165) is 23.1 Å². The number of amides is 2. The standard InChI is InChI=1S/C25H22N2O5/c1-31-25(30)16-7-5-15(6-8-16)14-27-23(28)19-4-2-3-18-17(21-13-26-11-12-32-21)9-10-20(22(18)19)24(27)29/h2-10,21,26H,11-14H2,1H3. The van der Waals surface area contributed by atoms with Gasteiger partial charge in [0.15, 0.2) is 0 Å². The van der Waals surface area contributed by atoms with Crippen LogP contribution in [0.2, 0.25) is 0 Å². The molecular formula is C25H22N2O5. The zero-order valence-corrected chi connectivity index (χ0v) is 17.6. The molecule has 1 unspecified atom stereocenters. The fourth-order valence-electron chi connectivity index (χ4n) is 4.40. The van der Waals surface area contributed by atoms with Gasteiger partial charge in [0.05, 0.1) is 31.9 Å². The van der Waals surface area contributed by atoms with E-state index < -0.39 is 5.97 Å². The lowest BCUT2D eigenvalue weighted by Crippen LogP contribution is -2.40. The molecule has 0 saturated carbocycles. The van der Waals surface area contributed by atoms with Crippen molar-refractivity contribution in [2.45, 2.75) is 12.6 Å². The van der Waals surface area contributed by atoms with Gasteiger partial charge in [-0.2, -0.15) is 0 Å². The molecular weight excluding hydrogens is 408 g/mol. The molecule has 0 bridgehead atoms. The third kappa shape index (κ3) is 3.36. The van der Waals surface area contributed by atoms with E-state index in [-0.39, 0.29) is 24.5 Å². The summed E-state index contributed by atoms with van der Waals surface area (Å²) >= 11 is 0. The Kier molecular flexibility index (Phi) is 5.20. The zero-order chi connectivity index (χ0) is 22.2. The molecule has 2 amide bonds. The van der Waals surface area contributed by atoms with E-state index >= 15 is 0 Å². The Bertz CT molecular complexity index is 1210. The lowest BCUT2D eigenvalue weighted by Gasteiger charge is -2.30. The third-order valence-electron chi connectivity index (χ3n) is 6.02. The first-order valence-electron chi connectivity index (χ1n) is 10.5. The van der Waals surface area contributed by atoms with Crippen molar-refractivity contribution in [3.05, 3.63) is 82.4 Å². The minimum absolute atomic E-state index is 0.117. The maximum atomic E-state index is 13.3. The fraction of sp³-hybridized carbons (Fsp3) is 0.240. The molecule has 2 aliphatic rings. The number of carbonyl (C=O) groups is 3.